The van der Waals surface area contributed by atoms with Gasteiger partial charge in [0.05, 0.1) is 22.0 Å². The minimum Gasteiger partial charge on any atom is -0.395 e. The molecule has 7 heteroatoms. The third-order valence-electron chi connectivity index (χ3n) is 3.05. The smallest absolute Gasteiger partial charge is 0.276 e. The highest BCUT2D eigenvalue weighted by molar-refractivity contribution is 6.31. The Kier molecular flexibility index (Phi) is 4.15. The average Bonchev–Trinajstić information content (AvgIpc) is 2.75. The molecule has 0 aliphatic heterocycles. The van der Waals surface area contributed by atoms with Gasteiger partial charge in [0.1, 0.15) is 11.8 Å². The minimum atomic E-state index is -0.381. The number of nitrogens with zero attached hydrogens (tertiary/aromatic N) is 3. The number of nitrogens with two attached hydrogens (primary N) is 1. The lowest BCUT2D eigenvalue weighted by atomic mass is 10.2. The Bertz CT molecular complexity index is 745. The summed E-state index contributed by atoms with van der Waals surface area (Å²) in [6.07, 6.45) is 0.645. The van der Waals surface area contributed by atoms with E-state index < -0.39 is 0 Å². The van der Waals surface area contributed by atoms with Crippen molar-refractivity contribution >= 4 is 28.9 Å². The first-order valence-corrected chi connectivity index (χ1v) is 6.68. The molecular weight excluding hydrogens is 290 g/mol. The molecule has 1 aromatic heterocycles. The number of aromatic nitrogens is 2. The monoisotopic (exact) mass is 303 g/mol. The van der Waals surface area contributed by atoms with Gasteiger partial charge in [0.15, 0.2) is 0 Å². The Morgan fingerprint density at radius 2 is 2.29 bits per heavy atom. The predicted octanol–water partition coefficient (Wildman–Crippen LogP) is 2.34. The van der Waals surface area contributed by atoms with Gasteiger partial charge in [0, 0.05) is 12.7 Å². The van der Waals surface area contributed by atoms with Crippen LogP contribution in [0.1, 0.15) is 28.7 Å². The fourth-order valence-corrected chi connectivity index (χ4v) is 2.17. The second-order valence-corrected chi connectivity index (χ2v) is 4.85. The maximum Gasteiger partial charge on any atom is 0.276 e. The van der Waals surface area contributed by atoms with E-state index >= 15 is 0 Å². The van der Waals surface area contributed by atoms with Crippen LogP contribution < -0.4 is 11.1 Å². The number of nitrogen functional groups attached to an aromatic ring is 1. The Balaban J connectivity index is 2.31. The van der Waals surface area contributed by atoms with Crippen molar-refractivity contribution in [2.45, 2.75) is 13.3 Å². The van der Waals surface area contributed by atoms with E-state index in [0.29, 0.717) is 39.8 Å². The molecule has 2 aromatic rings. The average molecular weight is 304 g/mol. The van der Waals surface area contributed by atoms with E-state index in [-0.39, 0.29) is 5.91 Å². The van der Waals surface area contributed by atoms with Gasteiger partial charge in [-0.15, -0.1) is 0 Å². The van der Waals surface area contributed by atoms with Gasteiger partial charge >= 0.3 is 0 Å². The molecule has 0 atom stereocenters. The number of carbonyl (C=O) groups excluding carboxylic acids is 1. The number of rotatable bonds is 3. The molecule has 6 nitrogen and oxygen atoms in total. The molecule has 0 unspecified atom stereocenters. The van der Waals surface area contributed by atoms with Gasteiger partial charge < -0.3 is 11.1 Å². The highest BCUT2D eigenvalue weighted by Crippen LogP contribution is 2.22. The summed E-state index contributed by atoms with van der Waals surface area (Å²) in [6.45, 7) is 1.92. The molecule has 1 aromatic carbocycles. The SMILES string of the molecule is CCc1nn(C)c(C(=O)Nc2ccc(Cl)c(C#N)c2)c1N. The Hall–Kier alpha value is -2.52. The standard InChI is InChI=1S/C14H14ClN5O/c1-3-11-12(17)13(20(2)19-11)14(21)18-9-4-5-10(15)8(6-9)7-16/h4-6H,3,17H2,1-2H3,(H,18,21). The second kappa shape index (κ2) is 5.85. The summed E-state index contributed by atoms with van der Waals surface area (Å²) in [5.74, 6) is -0.381. The number of nitriles is 1. The largest absolute Gasteiger partial charge is 0.395 e. The van der Waals surface area contributed by atoms with Crippen LogP contribution in [0, 0.1) is 11.3 Å². The quantitative estimate of drug-likeness (QED) is 0.909. The molecule has 21 heavy (non-hydrogen) atoms. The number of aryl methyl sites for hydroxylation is 2. The topological polar surface area (TPSA) is 96.7 Å². The highest BCUT2D eigenvalue weighted by Gasteiger charge is 2.19. The number of halogens is 1. The van der Waals surface area contributed by atoms with Gasteiger partial charge in [-0.25, -0.2) is 0 Å². The van der Waals surface area contributed by atoms with Crippen molar-refractivity contribution < 1.29 is 4.79 Å². The van der Waals surface area contributed by atoms with Crippen LogP contribution in [-0.2, 0) is 13.5 Å². The lowest BCUT2D eigenvalue weighted by Crippen LogP contribution is -2.17. The van der Waals surface area contributed by atoms with Crippen LogP contribution in [0.2, 0.25) is 5.02 Å². The lowest BCUT2D eigenvalue weighted by Gasteiger charge is -2.07. The van der Waals surface area contributed by atoms with Crippen molar-refractivity contribution in [1.82, 2.24) is 9.78 Å². The van der Waals surface area contributed by atoms with Crippen molar-refractivity contribution in [1.29, 1.82) is 5.26 Å². The molecule has 0 saturated carbocycles. The maximum absolute atomic E-state index is 12.3. The van der Waals surface area contributed by atoms with Crippen LogP contribution in [0.15, 0.2) is 18.2 Å². The minimum absolute atomic E-state index is 0.292. The van der Waals surface area contributed by atoms with Crippen molar-refractivity contribution in [3.8, 4) is 6.07 Å². The van der Waals surface area contributed by atoms with Gasteiger partial charge in [-0.2, -0.15) is 10.4 Å². The summed E-state index contributed by atoms with van der Waals surface area (Å²) in [5.41, 5.74) is 8.03. The van der Waals surface area contributed by atoms with Crippen molar-refractivity contribution in [3.63, 3.8) is 0 Å². The van der Waals surface area contributed by atoms with Gasteiger partial charge in [-0.1, -0.05) is 18.5 Å². The molecule has 1 heterocycles. The van der Waals surface area contributed by atoms with Crippen molar-refractivity contribution in [3.05, 3.63) is 40.2 Å². The molecule has 2 rings (SSSR count). The third-order valence-corrected chi connectivity index (χ3v) is 3.38. The normalized spacial score (nSPS) is 10.2. The van der Waals surface area contributed by atoms with E-state index in [4.69, 9.17) is 22.6 Å². The zero-order valence-electron chi connectivity index (χ0n) is 11.6. The summed E-state index contributed by atoms with van der Waals surface area (Å²) in [4.78, 5) is 12.3. The molecule has 0 radical (unpaired) electrons. The summed E-state index contributed by atoms with van der Waals surface area (Å²) in [7, 11) is 1.66. The number of hydrogen-bond donors (Lipinski definition) is 2. The number of hydrogen-bond acceptors (Lipinski definition) is 4. The number of anilines is 2. The summed E-state index contributed by atoms with van der Waals surface area (Å²) in [5, 5.41) is 16.2. The summed E-state index contributed by atoms with van der Waals surface area (Å²) >= 11 is 5.85. The van der Waals surface area contributed by atoms with Crippen molar-refractivity contribution in [2.24, 2.45) is 7.05 Å². The molecule has 3 N–H and O–H groups in total. The van der Waals surface area contributed by atoms with Gasteiger partial charge in [-0.05, 0) is 24.6 Å². The Labute approximate surface area is 127 Å². The van der Waals surface area contributed by atoms with E-state index in [0.717, 1.165) is 0 Å². The van der Waals surface area contributed by atoms with Crippen LogP contribution in [0.3, 0.4) is 0 Å². The number of carbonyl (C=O) groups is 1. The molecule has 0 fully saturated rings. The maximum atomic E-state index is 12.3. The van der Waals surface area contributed by atoms with Gasteiger partial charge in [-0.3, -0.25) is 9.48 Å². The predicted molar refractivity (Wildman–Crippen MR) is 81.1 cm³/mol. The molecule has 1 amide bonds. The summed E-state index contributed by atoms with van der Waals surface area (Å²) < 4.78 is 1.45. The zero-order valence-corrected chi connectivity index (χ0v) is 12.4. The zero-order chi connectivity index (χ0) is 15.6. The van der Waals surface area contributed by atoms with E-state index in [2.05, 4.69) is 10.4 Å². The van der Waals surface area contributed by atoms with E-state index in [1.807, 2.05) is 13.0 Å². The lowest BCUT2D eigenvalue weighted by molar-refractivity contribution is 0.101. The van der Waals surface area contributed by atoms with Gasteiger partial charge in [0.2, 0.25) is 0 Å². The number of amides is 1. The van der Waals surface area contributed by atoms with E-state index in [1.54, 1.807) is 19.2 Å². The molecule has 108 valence electrons. The third kappa shape index (κ3) is 2.83. The fraction of sp³-hybridized carbons (Fsp3) is 0.214. The Morgan fingerprint density at radius 1 is 1.57 bits per heavy atom. The molecule has 0 bridgehead atoms. The van der Waals surface area contributed by atoms with E-state index in [9.17, 15) is 4.79 Å². The molecule has 0 saturated heterocycles. The van der Waals surface area contributed by atoms with Crippen LogP contribution >= 0.6 is 11.6 Å². The highest BCUT2D eigenvalue weighted by atomic mass is 35.5. The first-order valence-electron chi connectivity index (χ1n) is 6.30. The van der Waals surface area contributed by atoms with Crippen LogP contribution in [0.5, 0.6) is 0 Å². The number of benzene rings is 1. The van der Waals surface area contributed by atoms with Crippen LogP contribution in [0.4, 0.5) is 11.4 Å². The van der Waals surface area contributed by atoms with Gasteiger partial charge in [0.25, 0.3) is 5.91 Å². The molecule has 0 aliphatic rings. The van der Waals surface area contributed by atoms with E-state index in [1.165, 1.54) is 10.7 Å². The summed E-state index contributed by atoms with van der Waals surface area (Å²) in [6, 6.07) is 6.64. The first-order chi connectivity index (χ1) is 9.97. The fourth-order valence-electron chi connectivity index (χ4n) is 2.01. The second-order valence-electron chi connectivity index (χ2n) is 4.45. The molecular formula is C14H14ClN5O. The molecule has 0 aliphatic carbocycles. The van der Waals surface area contributed by atoms with Crippen molar-refractivity contribution in [2.75, 3.05) is 11.1 Å². The first kappa shape index (κ1) is 14.9. The Morgan fingerprint density at radius 3 is 2.86 bits per heavy atom. The van der Waals surface area contributed by atoms with Crippen LogP contribution in [-0.4, -0.2) is 15.7 Å². The molecule has 0 spiro atoms. The van der Waals surface area contributed by atoms with Crippen LogP contribution in [0.25, 0.3) is 0 Å². The number of nitrogens with one attached hydrogen (secondary N) is 1.